The van der Waals surface area contributed by atoms with Crippen LogP contribution in [0.3, 0.4) is 0 Å². The van der Waals surface area contributed by atoms with Crippen molar-refractivity contribution in [3.63, 3.8) is 0 Å². The van der Waals surface area contributed by atoms with Crippen LogP contribution in [-0.2, 0) is 30.8 Å². The van der Waals surface area contributed by atoms with E-state index in [4.69, 9.17) is 4.74 Å². The van der Waals surface area contributed by atoms with E-state index in [9.17, 15) is 31.1 Å². The van der Waals surface area contributed by atoms with Crippen molar-refractivity contribution in [2.75, 3.05) is 11.1 Å². The first-order valence-electron chi connectivity index (χ1n) is 9.22. The first kappa shape index (κ1) is 24.4. The third kappa shape index (κ3) is 6.63. The fraction of sp³-hybridized carbons (Fsp3) is 0.250. The standard InChI is InChI=1S/C20H16F6N4O2S/c1-30-16(10-32-15-7-3-5-13(9-15)20(24,25)26)28-29-18(30)33-11-17(31)27-14-6-2-4-12(8-14)19(21,22)23/h2-9H,10-11H2,1H3,(H,27,31). The molecule has 0 unspecified atom stereocenters. The van der Waals surface area contributed by atoms with E-state index >= 15 is 0 Å². The summed E-state index contributed by atoms with van der Waals surface area (Å²) in [5.41, 5.74) is -1.73. The van der Waals surface area contributed by atoms with Crippen LogP contribution in [0.2, 0.25) is 0 Å². The molecule has 0 aliphatic carbocycles. The molecule has 0 spiro atoms. The number of carbonyl (C=O) groups excluding carboxylic acids is 1. The molecular weight excluding hydrogens is 474 g/mol. The third-order valence-electron chi connectivity index (χ3n) is 4.26. The summed E-state index contributed by atoms with van der Waals surface area (Å²) >= 11 is 0.983. The molecule has 1 aromatic heterocycles. The molecule has 0 saturated heterocycles. The maximum Gasteiger partial charge on any atom is 0.416 e. The molecule has 1 heterocycles. The minimum atomic E-state index is -4.53. The number of benzene rings is 2. The van der Waals surface area contributed by atoms with Crippen LogP contribution in [0.5, 0.6) is 5.75 Å². The first-order chi connectivity index (χ1) is 15.4. The summed E-state index contributed by atoms with van der Waals surface area (Å²) < 4.78 is 83.5. The van der Waals surface area contributed by atoms with E-state index in [0.717, 1.165) is 36.0 Å². The van der Waals surface area contributed by atoms with Crippen LogP contribution in [0, 0.1) is 0 Å². The van der Waals surface area contributed by atoms with Crippen LogP contribution in [0.1, 0.15) is 17.0 Å². The number of alkyl halides is 6. The van der Waals surface area contributed by atoms with Crippen LogP contribution in [0.15, 0.2) is 53.7 Å². The number of anilines is 1. The number of hydrogen-bond acceptors (Lipinski definition) is 5. The van der Waals surface area contributed by atoms with E-state index in [1.807, 2.05) is 0 Å². The number of carbonyl (C=O) groups is 1. The highest BCUT2D eigenvalue weighted by atomic mass is 32.2. The highest BCUT2D eigenvalue weighted by Crippen LogP contribution is 2.32. The predicted octanol–water partition coefficient (Wildman–Crippen LogP) is 5.16. The molecule has 3 aromatic rings. The second-order valence-corrected chi connectivity index (χ2v) is 7.63. The number of hydrogen-bond donors (Lipinski definition) is 1. The topological polar surface area (TPSA) is 69.0 Å². The van der Waals surface area contributed by atoms with Crippen molar-refractivity contribution in [1.82, 2.24) is 14.8 Å². The molecule has 6 nitrogen and oxygen atoms in total. The number of nitrogens with one attached hydrogen (secondary N) is 1. The Bertz CT molecular complexity index is 1130. The zero-order valence-electron chi connectivity index (χ0n) is 16.9. The van der Waals surface area contributed by atoms with Gasteiger partial charge < -0.3 is 14.6 Å². The van der Waals surface area contributed by atoms with Crippen molar-refractivity contribution < 1.29 is 35.9 Å². The quantitative estimate of drug-likeness (QED) is 0.366. The Balaban J connectivity index is 1.55. The minimum absolute atomic E-state index is 0.00231. The molecule has 13 heteroatoms. The third-order valence-corrected chi connectivity index (χ3v) is 5.28. The maximum atomic E-state index is 12.8. The maximum absolute atomic E-state index is 12.8. The van der Waals surface area contributed by atoms with Gasteiger partial charge in [-0.05, 0) is 36.4 Å². The number of rotatable bonds is 7. The number of amides is 1. The number of ether oxygens (including phenoxy) is 1. The highest BCUT2D eigenvalue weighted by molar-refractivity contribution is 7.99. The van der Waals surface area contributed by atoms with Gasteiger partial charge in [0.15, 0.2) is 11.0 Å². The lowest BCUT2D eigenvalue weighted by atomic mass is 10.2. The average Bonchev–Trinajstić information content (AvgIpc) is 3.09. The predicted molar refractivity (Wildman–Crippen MR) is 108 cm³/mol. The number of thioether (sulfide) groups is 1. The van der Waals surface area contributed by atoms with Gasteiger partial charge in [0, 0.05) is 12.7 Å². The van der Waals surface area contributed by atoms with Gasteiger partial charge in [-0.25, -0.2) is 0 Å². The largest absolute Gasteiger partial charge is 0.486 e. The molecule has 0 bridgehead atoms. The zero-order chi connectivity index (χ0) is 24.2. The van der Waals surface area contributed by atoms with E-state index in [-0.39, 0.29) is 23.8 Å². The van der Waals surface area contributed by atoms with Gasteiger partial charge in [-0.15, -0.1) is 10.2 Å². The molecule has 2 aromatic carbocycles. The van der Waals surface area contributed by atoms with Crippen LogP contribution < -0.4 is 10.1 Å². The van der Waals surface area contributed by atoms with Gasteiger partial charge in [-0.1, -0.05) is 23.9 Å². The Morgan fingerprint density at radius 3 is 2.30 bits per heavy atom. The van der Waals surface area contributed by atoms with E-state index in [0.29, 0.717) is 11.0 Å². The lowest BCUT2D eigenvalue weighted by molar-refractivity contribution is -0.138. The molecule has 0 atom stereocenters. The van der Waals surface area contributed by atoms with Crippen molar-refractivity contribution in [2.45, 2.75) is 24.1 Å². The van der Waals surface area contributed by atoms with Crippen LogP contribution in [-0.4, -0.2) is 26.4 Å². The summed E-state index contributed by atoms with van der Waals surface area (Å²) in [6.07, 6.45) is -9.02. The van der Waals surface area contributed by atoms with Gasteiger partial charge in [0.05, 0.1) is 16.9 Å². The van der Waals surface area contributed by atoms with E-state index in [1.165, 1.54) is 28.8 Å². The van der Waals surface area contributed by atoms with Crippen molar-refractivity contribution in [1.29, 1.82) is 0 Å². The second-order valence-electron chi connectivity index (χ2n) is 6.69. The van der Waals surface area contributed by atoms with Crippen molar-refractivity contribution in [3.05, 3.63) is 65.5 Å². The normalized spacial score (nSPS) is 12.0. The molecule has 0 fully saturated rings. The molecular formula is C20H16F6N4O2S. The summed E-state index contributed by atoms with van der Waals surface area (Å²) in [5.74, 6) is -0.406. The smallest absolute Gasteiger partial charge is 0.416 e. The second kappa shape index (κ2) is 9.73. The molecule has 3 rings (SSSR count). The van der Waals surface area contributed by atoms with E-state index in [1.54, 1.807) is 7.05 Å². The lowest BCUT2D eigenvalue weighted by Crippen LogP contribution is -2.15. The minimum Gasteiger partial charge on any atom is -0.486 e. The summed E-state index contributed by atoms with van der Waals surface area (Å²) in [6, 6.07) is 8.63. The Kier molecular flexibility index (Phi) is 7.20. The van der Waals surface area contributed by atoms with Gasteiger partial charge >= 0.3 is 12.4 Å². The fourth-order valence-corrected chi connectivity index (χ4v) is 3.34. The van der Waals surface area contributed by atoms with Gasteiger partial charge in [-0.2, -0.15) is 26.3 Å². The SMILES string of the molecule is Cn1c(COc2cccc(C(F)(F)F)c2)nnc1SCC(=O)Nc1cccc(C(F)(F)F)c1. The molecule has 33 heavy (non-hydrogen) atoms. The van der Waals surface area contributed by atoms with E-state index < -0.39 is 29.4 Å². The van der Waals surface area contributed by atoms with Crippen LogP contribution in [0.25, 0.3) is 0 Å². The molecule has 0 radical (unpaired) electrons. The summed E-state index contributed by atoms with van der Waals surface area (Å²) in [5, 5.41) is 10.5. The molecule has 0 aliphatic rings. The van der Waals surface area contributed by atoms with Crippen molar-refractivity contribution in [2.24, 2.45) is 7.05 Å². The lowest BCUT2D eigenvalue weighted by Gasteiger charge is -2.10. The Morgan fingerprint density at radius 1 is 1.00 bits per heavy atom. The molecule has 1 amide bonds. The summed E-state index contributed by atoms with van der Waals surface area (Å²) in [4.78, 5) is 12.1. The van der Waals surface area contributed by atoms with Crippen LogP contribution >= 0.6 is 11.8 Å². The first-order valence-corrected chi connectivity index (χ1v) is 10.2. The van der Waals surface area contributed by atoms with Gasteiger partial charge in [0.25, 0.3) is 0 Å². The Labute approximate surface area is 188 Å². The molecule has 1 N–H and O–H groups in total. The van der Waals surface area contributed by atoms with E-state index in [2.05, 4.69) is 15.5 Å². The van der Waals surface area contributed by atoms with Crippen molar-refractivity contribution in [3.8, 4) is 5.75 Å². The fourth-order valence-electron chi connectivity index (χ4n) is 2.61. The number of nitrogens with zero attached hydrogens (tertiary/aromatic N) is 3. The van der Waals surface area contributed by atoms with Crippen molar-refractivity contribution >= 4 is 23.4 Å². The summed E-state index contributed by atoms with van der Waals surface area (Å²) in [6.45, 7) is -0.165. The number of aromatic nitrogens is 3. The average molecular weight is 490 g/mol. The monoisotopic (exact) mass is 490 g/mol. The summed E-state index contributed by atoms with van der Waals surface area (Å²) in [7, 11) is 1.58. The van der Waals surface area contributed by atoms with Gasteiger partial charge in [0.2, 0.25) is 5.91 Å². The Hall–Kier alpha value is -3.22. The van der Waals surface area contributed by atoms with Gasteiger partial charge in [0.1, 0.15) is 12.4 Å². The Morgan fingerprint density at radius 2 is 1.64 bits per heavy atom. The van der Waals surface area contributed by atoms with Crippen LogP contribution in [0.4, 0.5) is 32.0 Å². The number of halogens is 6. The molecule has 0 aliphatic heterocycles. The molecule has 176 valence electrons. The zero-order valence-corrected chi connectivity index (χ0v) is 17.7. The highest BCUT2D eigenvalue weighted by Gasteiger charge is 2.31. The molecule has 0 saturated carbocycles. The van der Waals surface area contributed by atoms with Gasteiger partial charge in [-0.3, -0.25) is 4.79 Å².